The third-order valence-corrected chi connectivity index (χ3v) is 10.1. The molecular formula is C48H35ClF4N10O5. The van der Waals surface area contributed by atoms with Gasteiger partial charge in [0.2, 0.25) is 0 Å². The van der Waals surface area contributed by atoms with Crippen molar-refractivity contribution in [3.05, 3.63) is 162 Å². The van der Waals surface area contributed by atoms with Gasteiger partial charge >= 0.3 is 18.2 Å². The second kappa shape index (κ2) is 20.7. The molecule has 1 aliphatic rings. The average Bonchev–Trinajstić information content (AvgIpc) is 3.33. The first kappa shape index (κ1) is 45.9. The van der Waals surface area contributed by atoms with E-state index in [0.29, 0.717) is 64.3 Å². The number of nitrogens with zero attached hydrogens (tertiary/aromatic N) is 6. The van der Waals surface area contributed by atoms with E-state index < -0.39 is 34.6 Å². The van der Waals surface area contributed by atoms with Crippen LogP contribution in [-0.2, 0) is 10.9 Å². The number of ether oxygens (including phenoxy) is 3. The molecule has 0 aliphatic carbocycles. The molecule has 4 amide bonds. The molecule has 342 valence electrons. The number of rotatable bonds is 9. The van der Waals surface area contributed by atoms with E-state index in [9.17, 15) is 27.2 Å². The van der Waals surface area contributed by atoms with Crippen LogP contribution in [0.4, 0.5) is 55.7 Å². The van der Waals surface area contributed by atoms with Crippen LogP contribution >= 0.6 is 11.6 Å². The fourth-order valence-electron chi connectivity index (χ4n) is 6.56. The molecule has 20 heteroatoms. The summed E-state index contributed by atoms with van der Waals surface area (Å²) in [6.45, 7) is 2.94. The molecule has 0 bridgehead atoms. The van der Waals surface area contributed by atoms with E-state index in [1.165, 1.54) is 30.5 Å². The Morgan fingerprint density at radius 3 is 1.71 bits per heavy atom. The second-order valence-electron chi connectivity index (χ2n) is 14.6. The van der Waals surface area contributed by atoms with Crippen LogP contribution in [0.5, 0.6) is 23.0 Å². The van der Waals surface area contributed by atoms with Crippen molar-refractivity contribution in [2.24, 2.45) is 0 Å². The molecule has 0 unspecified atom stereocenters. The highest BCUT2D eigenvalue weighted by Crippen LogP contribution is 2.36. The van der Waals surface area contributed by atoms with Crippen LogP contribution in [0, 0.1) is 17.1 Å². The number of fused-ring (bicyclic) bond motifs is 2. The number of halogens is 5. The number of nitriles is 1. The van der Waals surface area contributed by atoms with Gasteiger partial charge in [-0.3, -0.25) is 9.97 Å². The number of benzene rings is 6. The molecule has 0 spiro atoms. The number of carbonyl (C=O) groups excluding carboxylic acids is 2. The Hall–Kier alpha value is -8.60. The van der Waals surface area contributed by atoms with Crippen LogP contribution in [0.1, 0.15) is 11.3 Å². The number of hydrogen-bond acceptors (Lipinski definition) is 11. The maximum atomic E-state index is 13.3. The third kappa shape index (κ3) is 12.2. The minimum atomic E-state index is -4.64. The van der Waals surface area contributed by atoms with E-state index in [1.54, 1.807) is 79.0 Å². The molecule has 1 aliphatic heterocycles. The van der Waals surface area contributed by atoms with E-state index >= 15 is 0 Å². The second-order valence-corrected chi connectivity index (χ2v) is 15.0. The predicted octanol–water partition coefficient (Wildman–Crippen LogP) is 11.7. The summed E-state index contributed by atoms with van der Waals surface area (Å²) < 4.78 is 69.3. The van der Waals surface area contributed by atoms with E-state index in [1.807, 2.05) is 24.3 Å². The van der Waals surface area contributed by atoms with Crippen molar-refractivity contribution >= 4 is 74.3 Å². The molecule has 0 atom stereocenters. The van der Waals surface area contributed by atoms with Gasteiger partial charge in [-0.1, -0.05) is 17.7 Å². The zero-order valence-corrected chi connectivity index (χ0v) is 36.0. The van der Waals surface area contributed by atoms with E-state index in [0.717, 1.165) is 42.1 Å². The molecule has 0 saturated carbocycles. The first-order valence-electron chi connectivity index (χ1n) is 20.4. The topological polar surface area (TPSA) is 189 Å². The maximum Gasteiger partial charge on any atom is 0.417 e. The molecule has 2 aromatic heterocycles. The van der Waals surface area contributed by atoms with Gasteiger partial charge in [-0.2, -0.15) is 18.4 Å². The molecule has 8 aromatic rings. The molecule has 4 N–H and O–H groups in total. The van der Waals surface area contributed by atoms with Crippen LogP contribution in [0.25, 0.3) is 22.1 Å². The van der Waals surface area contributed by atoms with E-state index in [-0.39, 0.29) is 11.4 Å². The minimum Gasteiger partial charge on any atom is -0.457 e. The fraction of sp³-hybridized carbons (Fsp3) is 0.104. The zero-order chi connectivity index (χ0) is 47.6. The van der Waals surface area contributed by atoms with Gasteiger partial charge in [-0.05, 0) is 109 Å². The molecule has 1 saturated heterocycles. The summed E-state index contributed by atoms with van der Waals surface area (Å²) in [7, 11) is 0. The van der Waals surface area contributed by atoms with Crippen LogP contribution in [0.15, 0.2) is 140 Å². The third-order valence-electron chi connectivity index (χ3n) is 9.77. The number of urea groups is 2. The summed E-state index contributed by atoms with van der Waals surface area (Å²) in [5.41, 5.74) is 3.05. The van der Waals surface area contributed by atoms with Crippen molar-refractivity contribution in [3.63, 3.8) is 0 Å². The lowest BCUT2D eigenvalue weighted by molar-refractivity contribution is -0.137. The van der Waals surface area contributed by atoms with E-state index in [2.05, 4.69) is 41.1 Å². The maximum absolute atomic E-state index is 13.3. The summed E-state index contributed by atoms with van der Waals surface area (Å²) in [6.07, 6.45) is -1.48. The number of hydrogen-bond donors (Lipinski definition) is 4. The summed E-state index contributed by atoms with van der Waals surface area (Å²) in [5.74, 6) is 2.56. The SMILES string of the molecule is N#Cc1cnc2ccc(Oc3ccc(NC(=O)Nc4ccc(Cl)c(C(F)(F)F)c4)cc3)cc2n1.O=C(Nc1ccc(Oc2ccc3ncc(N4CCOCC4)nc3c2)cc1)Nc1cccc(F)c1. The van der Waals surface area contributed by atoms with Crippen LogP contribution in [0.3, 0.4) is 0 Å². The lowest BCUT2D eigenvalue weighted by Gasteiger charge is -2.27. The number of amides is 4. The summed E-state index contributed by atoms with van der Waals surface area (Å²) in [4.78, 5) is 44.0. The zero-order valence-electron chi connectivity index (χ0n) is 35.2. The minimum absolute atomic E-state index is 0.0619. The molecule has 9 rings (SSSR count). The highest BCUT2D eigenvalue weighted by atomic mass is 35.5. The standard InChI is InChI=1S/C25H22FN5O3.C23H13ClF3N5O2/c26-17-2-1-3-19(14-17)29-25(32)28-18-4-6-20(7-5-18)34-21-8-9-22-23(15-21)30-24(16-27-22)31-10-12-33-13-11-31;24-19-7-3-14(9-18(19)23(25,26)27)32-22(33)31-13-1-4-16(5-2-13)34-17-6-8-20-21(10-17)30-15(11-28)12-29-20/h1-9,14-16H,10-13H2,(H2,28,29,32);1-10,12H,(H2,31,32,33). The molecule has 15 nitrogen and oxygen atoms in total. The van der Waals surface area contributed by atoms with Crippen molar-refractivity contribution in [1.82, 2.24) is 19.9 Å². The summed E-state index contributed by atoms with van der Waals surface area (Å²) >= 11 is 5.58. The van der Waals surface area contributed by atoms with Crippen molar-refractivity contribution in [2.75, 3.05) is 52.5 Å². The first-order chi connectivity index (χ1) is 32.8. The Labute approximate surface area is 389 Å². The quantitative estimate of drug-likeness (QED) is 0.101. The number of carbonyl (C=O) groups is 2. The van der Waals surface area contributed by atoms with Gasteiger partial charge in [-0.25, -0.2) is 23.9 Å². The van der Waals surface area contributed by atoms with Gasteiger partial charge in [0.25, 0.3) is 0 Å². The van der Waals surface area contributed by atoms with Gasteiger partial charge in [-0.15, -0.1) is 0 Å². The average molecular weight is 943 g/mol. The molecule has 1 fully saturated rings. The van der Waals surface area contributed by atoms with Gasteiger partial charge in [0.1, 0.15) is 40.7 Å². The lowest BCUT2D eigenvalue weighted by Crippen LogP contribution is -2.36. The van der Waals surface area contributed by atoms with Gasteiger partial charge in [0.15, 0.2) is 5.69 Å². The monoisotopic (exact) mass is 942 g/mol. The largest absolute Gasteiger partial charge is 0.457 e. The molecule has 6 aromatic carbocycles. The number of anilines is 5. The van der Waals surface area contributed by atoms with Crippen LogP contribution < -0.4 is 35.6 Å². The Morgan fingerprint density at radius 1 is 0.632 bits per heavy atom. The van der Waals surface area contributed by atoms with Gasteiger partial charge in [0.05, 0.1) is 58.3 Å². The van der Waals surface area contributed by atoms with Crippen molar-refractivity contribution in [3.8, 4) is 29.1 Å². The summed E-state index contributed by atoms with van der Waals surface area (Å²) in [6, 6.07) is 33.4. The Balaban J connectivity index is 0.000000184. The Morgan fingerprint density at radius 2 is 1.15 bits per heavy atom. The lowest BCUT2D eigenvalue weighted by atomic mass is 10.2. The predicted molar refractivity (Wildman–Crippen MR) is 248 cm³/mol. The number of aromatic nitrogens is 4. The molecule has 68 heavy (non-hydrogen) atoms. The van der Waals surface area contributed by atoms with Crippen molar-refractivity contribution in [1.29, 1.82) is 5.26 Å². The highest BCUT2D eigenvalue weighted by molar-refractivity contribution is 6.31. The van der Waals surface area contributed by atoms with Crippen LogP contribution in [-0.4, -0.2) is 58.3 Å². The highest BCUT2D eigenvalue weighted by Gasteiger charge is 2.33. The van der Waals surface area contributed by atoms with Crippen LogP contribution in [0.2, 0.25) is 5.02 Å². The fourth-order valence-corrected chi connectivity index (χ4v) is 6.78. The van der Waals surface area contributed by atoms with Gasteiger partial charge in [0, 0.05) is 48.0 Å². The number of morpholine rings is 1. The first-order valence-corrected chi connectivity index (χ1v) is 20.8. The molecule has 3 heterocycles. The summed E-state index contributed by atoms with van der Waals surface area (Å²) in [5, 5.41) is 18.6. The van der Waals surface area contributed by atoms with Gasteiger partial charge < -0.3 is 40.4 Å². The van der Waals surface area contributed by atoms with Crippen molar-refractivity contribution in [2.45, 2.75) is 6.18 Å². The normalized spacial score (nSPS) is 12.3. The number of alkyl halides is 3. The smallest absolute Gasteiger partial charge is 0.417 e. The van der Waals surface area contributed by atoms with E-state index in [4.69, 9.17) is 36.1 Å². The van der Waals surface area contributed by atoms with Crippen molar-refractivity contribution < 1.29 is 41.4 Å². The Bertz CT molecular complexity index is 3150. The molecular weight excluding hydrogens is 908 g/mol. The molecule has 0 radical (unpaired) electrons. The Kier molecular flexibility index (Phi) is 14.0. The number of nitrogens with one attached hydrogen (secondary N) is 4.